The van der Waals surface area contributed by atoms with Crippen LogP contribution in [0.1, 0.15) is 151 Å². The minimum absolute atomic E-state index is 1.17. The average Bonchev–Trinajstić information content (AvgIpc) is 3.21. The lowest BCUT2D eigenvalue weighted by atomic mass is 9.86. The minimum atomic E-state index is 1.17. The molecule has 3 aliphatic carbocycles. The lowest BCUT2D eigenvalue weighted by Gasteiger charge is -2.19. The molecule has 302 valence electrons. The van der Waals surface area contributed by atoms with E-state index in [1.165, 1.54) is 149 Å². The molecule has 0 nitrogen and oxygen atoms in total. The predicted molar refractivity (Wildman–Crippen MR) is 254 cm³/mol. The maximum absolute atomic E-state index is 3.75. The fourth-order valence-corrected chi connectivity index (χ4v) is 7.47. The molecule has 0 heteroatoms. The van der Waals surface area contributed by atoms with Gasteiger partial charge in [-0.15, -0.1) is 0 Å². The van der Waals surface area contributed by atoms with Crippen molar-refractivity contribution in [1.29, 1.82) is 0 Å². The third-order valence-electron chi connectivity index (χ3n) is 11.6. The van der Waals surface area contributed by atoms with Gasteiger partial charge in [0.15, 0.2) is 0 Å². The van der Waals surface area contributed by atoms with Gasteiger partial charge in [0.2, 0.25) is 0 Å². The van der Waals surface area contributed by atoms with Crippen LogP contribution in [-0.2, 0) is 64.2 Å². The number of benzene rings is 5. The Kier molecular flexibility index (Phi) is 20.5. The highest BCUT2D eigenvalue weighted by Crippen LogP contribution is 2.26. The zero-order valence-corrected chi connectivity index (χ0v) is 36.6. The largest absolute Gasteiger partial charge is 0.0985 e. The molecule has 5 aromatic carbocycles. The molecule has 0 heterocycles. The molecule has 5 aromatic rings. The summed E-state index contributed by atoms with van der Waals surface area (Å²) in [5, 5.41) is 0. The molecule has 0 fully saturated rings. The van der Waals surface area contributed by atoms with Crippen molar-refractivity contribution in [2.24, 2.45) is 0 Å². The van der Waals surface area contributed by atoms with Crippen molar-refractivity contribution in [3.8, 4) is 0 Å². The summed E-state index contributed by atoms with van der Waals surface area (Å²) in [6, 6.07) is 37.8. The first-order valence-electron chi connectivity index (χ1n) is 22.6. The Balaban J connectivity index is 0.000000159. The van der Waals surface area contributed by atoms with E-state index in [1.54, 1.807) is 38.9 Å². The van der Waals surface area contributed by atoms with Crippen LogP contribution in [0.15, 0.2) is 116 Å². The van der Waals surface area contributed by atoms with E-state index >= 15 is 0 Å². The summed E-state index contributed by atoms with van der Waals surface area (Å²) in [6.45, 7) is 18.4. The molecule has 0 bridgehead atoms. The van der Waals surface area contributed by atoms with Gasteiger partial charge in [0.05, 0.1) is 0 Å². The molecule has 0 saturated carbocycles. The molecule has 0 amide bonds. The fraction of sp³-hybridized carbons (Fsp3) is 0.404. The maximum atomic E-state index is 3.75. The van der Waals surface area contributed by atoms with Crippen molar-refractivity contribution < 1.29 is 0 Å². The summed E-state index contributed by atoms with van der Waals surface area (Å²) in [4.78, 5) is 0. The Morgan fingerprint density at radius 3 is 1.23 bits per heavy atom. The van der Waals surface area contributed by atoms with Crippen LogP contribution in [0, 0.1) is 6.92 Å². The van der Waals surface area contributed by atoms with E-state index in [0.717, 1.165) is 0 Å². The number of hydrogen-bond acceptors (Lipinski definition) is 0. The number of unbranched alkanes of at least 4 members (excludes halogenated alkanes) is 5. The summed E-state index contributed by atoms with van der Waals surface area (Å²) in [6.07, 6.45) is 27.2. The Labute approximate surface area is 349 Å². The minimum Gasteiger partial charge on any atom is -0.0985 e. The van der Waals surface area contributed by atoms with Gasteiger partial charge in [-0.05, 0) is 157 Å². The second-order valence-electron chi connectivity index (χ2n) is 16.2. The summed E-state index contributed by atoms with van der Waals surface area (Å²) in [5.74, 6) is 0. The lowest BCUT2D eigenvalue weighted by molar-refractivity contribution is 0.665. The molecule has 0 aromatic heterocycles. The first-order valence-corrected chi connectivity index (χ1v) is 22.6. The van der Waals surface area contributed by atoms with Gasteiger partial charge < -0.3 is 0 Å². The van der Waals surface area contributed by atoms with Gasteiger partial charge >= 0.3 is 0 Å². The number of fused-ring (bicyclic) bond motifs is 3. The van der Waals surface area contributed by atoms with Crippen molar-refractivity contribution in [3.63, 3.8) is 0 Å². The average molecular weight is 759 g/mol. The van der Waals surface area contributed by atoms with E-state index in [9.17, 15) is 0 Å². The lowest BCUT2D eigenvalue weighted by Crippen LogP contribution is -2.08. The van der Waals surface area contributed by atoms with Crippen molar-refractivity contribution in [3.05, 3.63) is 189 Å². The van der Waals surface area contributed by atoms with E-state index in [1.807, 2.05) is 24.3 Å². The second kappa shape index (κ2) is 25.8. The highest BCUT2D eigenvalue weighted by molar-refractivity contribution is 5.48. The van der Waals surface area contributed by atoms with Crippen molar-refractivity contribution in [1.82, 2.24) is 0 Å². The van der Waals surface area contributed by atoms with Crippen molar-refractivity contribution >= 4 is 12.2 Å². The molecule has 3 aliphatic rings. The van der Waals surface area contributed by atoms with Gasteiger partial charge in [0.25, 0.3) is 0 Å². The van der Waals surface area contributed by atoms with E-state index in [2.05, 4.69) is 139 Å². The Morgan fingerprint density at radius 1 is 0.404 bits per heavy atom. The van der Waals surface area contributed by atoms with Crippen LogP contribution < -0.4 is 0 Å². The molecule has 0 unspecified atom stereocenters. The first kappa shape index (κ1) is 45.3. The molecular weight excluding hydrogens is 685 g/mol. The molecule has 0 spiro atoms. The normalized spacial score (nSPS) is 12.2. The van der Waals surface area contributed by atoms with Crippen LogP contribution in [-0.4, -0.2) is 0 Å². The summed E-state index contributed by atoms with van der Waals surface area (Å²) >= 11 is 0. The Bertz CT molecular complexity index is 1940. The first-order chi connectivity index (χ1) is 27.9. The van der Waals surface area contributed by atoms with E-state index in [-0.39, 0.29) is 0 Å². The molecule has 0 atom stereocenters. The summed E-state index contributed by atoms with van der Waals surface area (Å²) in [7, 11) is 0. The molecule has 8 rings (SSSR count). The van der Waals surface area contributed by atoms with Gasteiger partial charge in [-0.3, -0.25) is 0 Å². The van der Waals surface area contributed by atoms with E-state index < -0.39 is 0 Å². The van der Waals surface area contributed by atoms with Gasteiger partial charge in [-0.2, -0.15) is 0 Å². The predicted octanol–water partition coefficient (Wildman–Crippen LogP) is 15.7. The standard InChI is InChI=1S/C14H20.2C12H16.C10H12.C9H10/c1-2-3-4-5-6-12-7-8-13-9-10-14(13)11-12;1-2-3-4-10-5-6-11-7-8-12(11)9-10;1-3-5-7-12-9-6-8-11(4-2)10-12;1-2-8-3-4-9-5-6-10(9)7-8;1-3-9-6-4-5-8(2)7-9/h7-8,11H,2-6,9-10H2,1H3;5-6,9H,2-4,7-8H2,1H3;4,6,8-10H,2-3,5,7H2,1H3;3-4,7H,2,5-6H2,1H3;3-7H,1H2,2H3. The second-order valence-corrected chi connectivity index (χ2v) is 16.2. The molecule has 0 aliphatic heterocycles. The Hall–Kier alpha value is -4.42. The third kappa shape index (κ3) is 15.8. The number of aryl methyl sites for hydroxylation is 11. The Morgan fingerprint density at radius 2 is 0.825 bits per heavy atom. The van der Waals surface area contributed by atoms with Crippen LogP contribution in [0.3, 0.4) is 0 Å². The van der Waals surface area contributed by atoms with Crippen LogP contribution in [0.4, 0.5) is 0 Å². The topological polar surface area (TPSA) is 0 Å². The van der Waals surface area contributed by atoms with Gasteiger partial charge in [0.1, 0.15) is 0 Å². The van der Waals surface area contributed by atoms with Crippen LogP contribution in [0.25, 0.3) is 12.2 Å². The summed E-state index contributed by atoms with van der Waals surface area (Å²) < 4.78 is 0. The van der Waals surface area contributed by atoms with Gasteiger partial charge in [-0.1, -0.05) is 194 Å². The SMILES string of the molecule is C=Cc1cccc(C)c1.C=Cc1cccc(CCCC)c1.CCCCCCc1ccc2c(c1)CC2.CCCCc1ccc2c(c1)CC2.CCc1ccc2c(c1)CC2. The van der Waals surface area contributed by atoms with Crippen LogP contribution in [0.5, 0.6) is 0 Å². The maximum Gasteiger partial charge on any atom is -0.0235 e. The monoisotopic (exact) mass is 759 g/mol. The van der Waals surface area contributed by atoms with E-state index in [0.29, 0.717) is 0 Å². The van der Waals surface area contributed by atoms with E-state index in [4.69, 9.17) is 0 Å². The quantitative estimate of drug-likeness (QED) is 0.0990. The number of hydrogen-bond donors (Lipinski definition) is 0. The number of rotatable bonds is 14. The summed E-state index contributed by atoms with van der Waals surface area (Å²) in [5.41, 5.74) is 19.2. The van der Waals surface area contributed by atoms with Crippen molar-refractivity contribution in [2.75, 3.05) is 0 Å². The zero-order chi connectivity index (χ0) is 40.7. The van der Waals surface area contributed by atoms with Crippen LogP contribution in [0.2, 0.25) is 0 Å². The highest BCUT2D eigenvalue weighted by Gasteiger charge is 2.13. The molecular formula is C57H74. The smallest absolute Gasteiger partial charge is 0.0235 e. The van der Waals surface area contributed by atoms with Gasteiger partial charge in [0, 0.05) is 0 Å². The fourth-order valence-electron chi connectivity index (χ4n) is 7.47. The van der Waals surface area contributed by atoms with Gasteiger partial charge in [-0.25, -0.2) is 0 Å². The third-order valence-corrected chi connectivity index (χ3v) is 11.6. The molecule has 0 radical (unpaired) electrons. The highest BCUT2D eigenvalue weighted by atomic mass is 14.2. The van der Waals surface area contributed by atoms with Crippen LogP contribution >= 0.6 is 0 Å². The van der Waals surface area contributed by atoms with Crippen molar-refractivity contribution in [2.45, 2.75) is 150 Å². The zero-order valence-electron chi connectivity index (χ0n) is 36.6. The molecule has 0 saturated heterocycles. The molecule has 57 heavy (non-hydrogen) atoms. The molecule has 0 N–H and O–H groups in total.